The molecule has 1 amide bonds. The van der Waals surface area contributed by atoms with Crippen molar-refractivity contribution < 1.29 is 9.72 Å². The quantitative estimate of drug-likeness (QED) is 0.451. The molecule has 1 fully saturated rings. The van der Waals surface area contributed by atoms with Crippen LogP contribution in [0.4, 0.5) is 11.4 Å². The van der Waals surface area contributed by atoms with Crippen LogP contribution in [-0.4, -0.2) is 47.1 Å². The SMILES string of the molecule is O=C1N=C(N2CCN(c3ccc([N+](=O)[O-])cc3)CC2)SC1=Cc1ccccc1. The summed E-state index contributed by atoms with van der Waals surface area (Å²) in [5.41, 5.74) is 2.04. The van der Waals surface area contributed by atoms with Gasteiger partial charge in [0.1, 0.15) is 0 Å². The Labute approximate surface area is 166 Å². The fourth-order valence-corrected chi connectivity index (χ4v) is 4.14. The van der Waals surface area contributed by atoms with Gasteiger partial charge in [-0.05, 0) is 35.5 Å². The molecule has 8 heteroatoms. The van der Waals surface area contributed by atoms with Gasteiger partial charge in [-0.15, -0.1) is 0 Å². The lowest BCUT2D eigenvalue weighted by Gasteiger charge is -2.36. The fraction of sp³-hybridized carbons (Fsp3) is 0.200. The molecule has 0 aliphatic carbocycles. The van der Waals surface area contributed by atoms with Gasteiger partial charge in [0.25, 0.3) is 11.6 Å². The first-order valence-corrected chi connectivity index (χ1v) is 9.74. The average Bonchev–Trinajstić information content (AvgIpc) is 3.09. The summed E-state index contributed by atoms with van der Waals surface area (Å²) in [5, 5.41) is 11.5. The Bertz CT molecular complexity index is 949. The zero-order chi connectivity index (χ0) is 19.5. The van der Waals surface area contributed by atoms with Gasteiger partial charge < -0.3 is 9.80 Å². The molecule has 1 saturated heterocycles. The number of piperazine rings is 1. The van der Waals surface area contributed by atoms with Crippen molar-refractivity contribution in [2.45, 2.75) is 0 Å². The van der Waals surface area contributed by atoms with Crippen molar-refractivity contribution >= 4 is 40.3 Å². The molecule has 0 bridgehead atoms. The Morgan fingerprint density at radius 1 is 0.964 bits per heavy atom. The second-order valence-electron chi connectivity index (χ2n) is 6.47. The van der Waals surface area contributed by atoms with Gasteiger partial charge in [-0.1, -0.05) is 30.3 Å². The summed E-state index contributed by atoms with van der Waals surface area (Å²) in [6, 6.07) is 16.3. The second kappa shape index (κ2) is 7.85. The van der Waals surface area contributed by atoms with Crippen LogP contribution in [0, 0.1) is 10.1 Å². The minimum atomic E-state index is -0.394. The van der Waals surface area contributed by atoms with E-state index < -0.39 is 4.92 Å². The van der Waals surface area contributed by atoms with Gasteiger partial charge in [-0.2, -0.15) is 4.99 Å². The maximum atomic E-state index is 12.2. The number of rotatable bonds is 3. The molecule has 142 valence electrons. The second-order valence-corrected chi connectivity index (χ2v) is 7.48. The van der Waals surface area contributed by atoms with Crippen LogP contribution in [0.5, 0.6) is 0 Å². The first kappa shape index (κ1) is 18.2. The van der Waals surface area contributed by atoms with Crippen LogP contribution >= 0.6 is 11.8 Å². The fourth-order valence-electron chi connectivity index (χ4n) is 3.17. The molecule has 0 N–H and O–H groups in total. The number of hydrogen-bond donors (Lipinski definition) is 0. The molecule has 0 radical (unpaired) electrons. The number of carbonyl (C=O) groups is 1. The van der Waals surface area contributed by atoms with E-state index in [0.29, 0.717) is 4.91 Å². The summed E-state index contributed by atoms with van der Waals surface area (Å²) in [5.74, 6) is -0.193. The van der Waals surface area contributed by atoms with Gasteiger partial charge in [0.05, 0.1) is 9.83 Å². The Balaban J connectivity index is 1.38. The number of amidine groups is 1. The van der Waals surface area contributed by atoms with Crippen molar-refractivity contribution in [1.82, 2.24) is 4.90 Å². The molecule has 2 aromatic carbocycles. The van der Waals surface area contributed by atoms with Crippen molar-refractivity contribution in [3.63, 3.8) is 0 Å². The highest BCUT2D eigenvalue weighted by Crippen LogP contribution is 2.31. The van der Waals surface area contributed by atoms with E-state index in [0.717, 1.165) is 42.6 Å². The van der Waals surface area contributed by atoms with Gasteiger partial charge in [0.2, 0.25) is 0 Å². The van der Waals surface area contributed by atoms with E-state index in [2.05, 4.69) is 14.8 Å². The predicted octanol–water partition coefficient (Wildman–Crippen LogP) is 3.39. The van der Waals surface area contributed by atoms with Crippen LogP contribution in [0.25, 0.3) is 6.08 Å². The molecule has 2 heterocycles. The van der Waals surface area contributed by atoms with Crippen LogP contribution in [0.3, 0.4) is 0 Å². The van der Waals surface area contributed by atoms with Crippen LogP contribution in [0.2, 0.25) is 0 Å². The van der Waals surface area contributed by atoms with E-state index in [1.165, 1.54) is 23.9 Å². The van der Waals surface area contributed by atoms with E-state index >= 15 is 0 Å². The number of anilines is 1. The molecular weight excluding hydrogens is 376 g/mol. The van der Waals surface area contributed by atoms with Crippen molar-refractivity contribution in [1.29, 1.82) is 0 Å². The van der Waals surface area contributed by atoms with E-state index in [1.54, 1.807) is 12.1 Å². The number of thioether (sulfide) groups is 1. The third kappa shape index (κ3) is 3.91. The lowest BCUT2D eigenvalue weighted by molar-refractivity contribution is -0.384. The smallest absolute Gasteiger partial charge is 0.286 e. The average molecular weight is 394 g/mol. The number of aliphatic imine (C=N–C) groups is 1. The Morgan fingerprint density at radius 3 is 2.25 bits per heavy atom. The number of nitro groups is 1. The molecule has 0 unspecified atom stereocenters. The molecule has 0 atom stereocenters. The Hall–Kier alpha value is -3.13. The normalized spacial score (nSPS) is 18.5. The van der Waals surface area contributed by atoms with Crippen molar-refractivity contribution in [3.8, 4) is 0 Å². The number of non-ortho nitro benzene ring substituents is 1. The summed E-state index contributed by atoms with van der Waals surface area (Å²) in [6.07, 6.45) is 1.87. The van der Waals surface area contributed by atoms with Crippen molar-refractivity contribution in [3.05, 3.63) is 75.2 Å². The maximum absolute atomic E-state index is 12.2. The van der Waals surface area contributed by atoms with Crippen molar-refractivity contribution in [2.24, 2.45) is 4.99 Å². The molecule has 2 aliphatic rings. The first-order valence-electron chi connectivity index (χ1n) is 8.92. The minimum absolute atomic E-state index is 0.0929. The van der Waals surface area contributed by atoms with Crippen LogP contribution in [0.1, 0.15) is 5.56 Å². The van der Waals surface area contributed by atoms with Gasteiger partial charge in [0, 0.05) is 44.0 Å². The zero-order valence-electron chi connectivity index (χ0n) is 15.0. The summed E-state index contributed by atoms with van der Waals surface area (Å²) < 4.78 is 0. The van der Waals surface area contributed by atoms with E-state index in [4.69, 9.17) is 0 Å². The first-order chi connectivity index (χ1) is 13.6. The van der Waals surface area contributed by atoms with E-state index in [-0.39, 0.29) is 11.6 Å². The van der Waals surface area contributed by atoms with Crippen LogP contribution < -0.4 is 4.90 Å². The maximum Gasteiger partial charge on any atom is 0.286 e. The third-order valence-electron chi connectivity index (χ3n) is 4.68. The molecule has 4 rings (SSSR count). The predicted molar refractivity (Wildman–Crippen MR) is 111 cm³/mol. The van der Waals surface area contributed by atoms with Crippen LogP contribution in [-0.2, 0) is 4.79 Å². The monoisotopic (exact) mass is 394 g/mol. The van der Waals surface area contributed by atoms with Crippen LogP contribution in [0.15, 0.2) is 64.5 Å². The van der Waals surface area contributed by atoms with Gasteiger partial charge in [-0.25, -0.2) is 0 Å². The molecule has 0 spiro atoms. The number of amides is 1. The number of hydrogen-bond acceptors (Lipinski definition) is 6. The summed E-state index contributed by atoms with van der Waals surface area (Å²) in [7, 11) is 0. The largest absolute Gasteiger partial charge is 0.368 e. The molecule has 0 saturated carbocycles. The Morgan fingerprint density at radius 2 is 1.61 bits per heavy atom. The number of nitrogens with zero attached hydrogens (tertiary/aromatic N) is 4. The Kier molecular flexibility index (Phi) is 5.12. The molecular formula is C20H18N4O3S. The molecule has 0 aromatic heterocycles. The van der Waals surface area contributed by atoms with Gasteiger partial charge in [0.15, 0.2) is 5.17 Å². The minimum Gasteiger partial charge on any atom is -0.368 e. The molecule has 2 aliphatic heterocycles. The van der Waals surface area contributed by atoms with E-state index in [9.17, 15) is 14.9 Å². The molecule has 2 aromatic rings. The number of carbonyl (C=O) groups excluding carboxylic acids is 1. The van der Waals surface area contributed by atoms with Gasteiger partial charge in [-0.3, -0.25) is 14.9 Å². The summed E-state index contributed by atoms with van der Waals surface area (Å²) in [4.78, 5) is 31.8. The summed E-state index contributed by atoms with van der Waals surface area (Å²) >= 11 is 1.42. The zero-order valence-corrected chi connectivity index (χ0v) is 15.8. The lowest BCUT2D eigenvalue weighted by Crippen LogP contribution is -2.47. The lowest BCUT2D eigenvalue weighted by atomic mass is 10.2. The summed E-state index contributed by atoms with van der Waals surface area (Å²) in [6.45, 7) is 3.02. The topological polar surface area (TPSA) is 79.0 Å². The highest BCUT2D eigenvalue weighted by molar-refractivity contribution is 8.18. The highest BCUT2D eigenvalue weighted by atomic mass is 32.2. The number of benzene rings is 2. The van der Waals surface area contributed by atoms with E-state index in [1.807, 2.05) is 36.4 Å². The standard InChI is InChI=1S/C20H18N4O3S/c25-19-18(14-15-4-2-1-3-5-15)28-20(21-19)23-12-10-22(11-13-23)16-6-8-17(9-7-16)24(26)27/h1-9,14H,10-13H2. The number of nitro benzene ring substituents is 1. The van der Waals surface area contributed by atoms with Crippen molar-refractivity contribution in [2.75, 3.05) is 31.1 Å². The van der Waals surface area contributed by atoms with Gasteiger partial charge >= 0.3 is 0 Å². The molecule has 28 heavy (non-hydrogen) atoms. The third-order valence-corrected chi connectivity index (χ3v) is 5.73. The molecule has 7 nitrogen and oxygen atoms in total. The highest BCUT2D eigenvalue weighted by Gasteiger charge is 2.28.